The highest BCUT2D eigenvalue weighted by atomic mass is 16.5. The van der Waals surface area contributed by atoms with Crippen LogP contribution in [0.15, 0.2) is 12.4 Å². The van der Waals surface area contributed by atoms with Gasteiger partial charge in [-0.25, -0.2) is 4.98 Å². The van der Waals surface area contributed by atoms with E-state index >= 15 is 0 Å². The lowest BCUT2D eigenvalue weighted by atomic mass is 10.5. The van der Waals surface area contributed by atoms with Crippen molar-refractivity contribution in [3.8, 4) is 5.88 Å². The van der Waals surface area contributed by atoms with Crippen molar-refractivity contribution in [2.45, 2.75) is 27.2 Å². The number of nitrogens with zero attached hydrogens (tertiary/aromatic N) is 2. The molecule has 0 aliphatic rings. The van der Waals surface area contributed by atoms with Gasteiger partial charge in [0.25, 0.3) is 0 Å². The van der Waals surface area contributed by atoms with Crippen molar-refractivity contribution in [2.75, 3.05) is 13.2 Å². The van der Waals surface area contributed by atoms with Crippen LogP contribution in [0.2, 0.25) is 0 Å². The summed E-state index contributed by atoms with van der Waals surface area (Å²) >= 11 is 0. The number of aliphatic hydroxyl groups is 1. The van der Waals surface area contributed by atoms with Crippen molar-refractivity contribution >= 4 is 0 Å². The molecule has 1 aromatic rings. The molecule has 0 atom stereocenters. The minimum Gasteiger partial charge on any atom is -0.476 e. The number of aryl methyl sites for hydroxylation is 1. The lowest BCUT2D eigenvalue weighted by Crippen LogP contribution is -2.01. The molecule has 1 rings (SSSR count). The molecule has 0 amide bonds. The first-order valence-corrected chi connectivity index (χ1v) is 4.85. The first kappa shape index (κ1) is 12.8. The van der Waals surface area contributed by atoms with Crippen LogP contribution in [0.3, 0.4) is 0 Å². The molecule has 0 aliphatic carbocycles. The van der Waals surface area contributed by atoms with Crippen molar-refractivity contribution in [1.82, 2.24) is 9.97 Å². The van der Waals surface area contributed by atoms with Crippen LogP contribution in [0.25, 0.3) is 0 Å². The number of rotatable bonds is 4. The third-order valence-corrected chi connectivity index (χ3v) is 1.31. The topological polar surface area (TPSA) is 55.2 Å². The van der Waals surface area contributed by atoms with Gasteiger partial charge in [0.1, 0.15) is 0 Å². The van der Waals surface area contributed by atoms with Crippen LogP contribution in [-0.2, 0) is 0 Å². The first-order chi connectivity index (χ1) is 6.83. The Morgan fingerprint density at radius 3 is 2.50 bits per heavy atom. The molecule has 0 aromatic carbocycles. The average Bonchev–Trinajstić information content (AvgIpc) is 2.24. The van der Waals surface area contributed by atoms with Gasteiger partial charge in [-0.3, -0.25) is 4.98 Å². The van der Waals surface area contributed by atoms with Crippen LogP contribution in [0, 0.1) is 6.92 Å². The van der Waals surface area contributed by atoms with E-state index < -0.39 is 0 Å². The Morgan fingerprint density at radius 2 is 2.00 bits per heavy atom. The van der Waals surface area contributed by atoms with Crippen LogP contribution >= 0.6 is 0 Å². The molecule has 1 aromatic heterocycles. The van der Waals surface area contributed by atoms with E-state index in [4.69, 9.17) is 9.84 Å². The highest BCUT2D eigenvalue weighted by molar-refractivity contribution is 5.05. The van der Waals surface area contributed by atoms with Crippen LogP contribution in [-0.4, -0.2) is 28.3 Å². The Bertz CT molecular complexity index is 224. The van der Waals surface area contributed by atoms with Gasteiger partial charge < -0.3 is 9.84 Å². The normalized spacial score (nSPS) is 8.86. The van der Waals surface area contributed by atoms with Gasteiger partial charge in [-0.15, -0.1) is 0 Å². The molecule has 0 saturated heterocycles. The lowest BCUT2D eigenvalue weighted by molar-refractivity contribution is 0.228. The number of aromatic nitrogens is 2. The maximum atomic E-state index is 8.47. The maximum Gasteiger partial charge on any atom is 0.232 e. The molecule has 0 bridgehead atoms. The van der Waals surface area contributed by atoms with Crippen LogP contribution in [0.1, 0.15) is 26.0 Å². The Labute approximate surface area is 85.0 Å². The fourth-order valence-electron chi connectivity index (χ4n) is 0.697. The van der Waals surface area contributed by atoms with E-state index in [-0.39, 0.29) is 6.61 Å². The summed E-state index contributed by atoms with van der Waals surface area (Å²) in [5.41, 5.74) is 0.865. The van der Waals surface area contributed by atoms with Gasteiger partial charge in [0.15, 0.2) is 0 Å². The fourth-order valence-corrected chi connectivity index (χ4v) is 0.697. The summed E-state index contributed by atoms with van der Waals surface area (Å²) in [6, 6.07) is 0. The highest BCUT2D eigenvalue weighted by Crippen LogP contribution is 2.02. The molecule has 0 spiro atoms. The quantitative estimate of drug-likeness (QED) is 0.746. The van der Waals surface area contributed by atoms with Crippen molar-refractivity contribution in [3.05, 3.63) is 18.1 Å². The third kappa shape index (κ3) is 5.48. The molecule has 1 heterocycles. The SMILES string of the molecule is CC.Cc1cnc(OCCCO)cn1. The largest absolute Gasteiger partial charge is 0.476 e. The third-order valence-electron chi connectivity index (χ3n) is 1.31. The van der Waals surface area contributed by atoms with Crippen molar-refractivity contribution in [3.63, 3.8) is 0 Å². The Balaban J connectivity index is 0.000000791. The van der Waals surface area contributed by atoms with Gasteiger partial charge in [0, 0.05) is 13.0 Å². The molecule has 0 radical (unpaired) electrons. The van der Waals surface area contributed by atoms with Crippen molar-refractivity contribution < 1.29 is 9.84 Å². The molecular formula is C10H18N2O2. The average molecular weight is 198 g/mol. The summed E-state index contributed by atoms with van der Waals surface area (Å²) in [5.74, 6) is 0.508. The van der Waals surface area contributed by atoms with E-state index in [1.807, 2.05) is 20.8 Å². The molecular weight excluding hydrogens is 180 g/mol. The van der Waals surface area contributed by atoms with Crippen molar-refractivity contribution in [1.29, 1.82) is 0 Å². The molecule has 80 valence electrons. The molecule has 0 saturated carbocycles. The zero-order chi connectivity index (χ0) is 10.8. The summed E-state index contributed by atoms with van der Waals surface area (Å²) < 4.78 is 5.17. The van der Waals surface area contributed by atoms with Crippen LogP contribution in [0.4, 0.5) is 0 Å². The number of hydrogen-bond acceptors (Lipinski definition) is 4. The molecule has 0 fully saturated rings. The number of hydrogen-bond donors (Lipinski definition) is 1. The monoisotopic (exact) mass is 198 g/mol. The lowest BCUT2D eigenvalue weighted by Gasteiger charge is -2.02. The summed E-state index contributed by atoms with van der Waals surface area (Å²) in [6.45, 7) is 6.48. The van der Waals surface area contributed by atoms with E-state index in [1.54, 1.807) is 12.4 Å². The van der Waals surface area contributed by atoms with E-state index in [9.17, 15) is 0 Å². The van der Waals surface area contributed by atoms with E-state index in [2.05, 4.69) is 9.97 Å². The van der Waals surface area contributed by atoms with Crippen LogP contribution in [0.5, 0.6) is 5.88 Å². The van der Waals surface area contributed by atoms with Gasteiger partial charge in [-0.05, 0) is 6.92 Å². The smallest absolute Gasteiger partial charge is 0.232 e. The zero-order valence-corrected chi connectivity index (χ0v) is 9.03. The second kappa shape index (κ2) is 8.44. The van der Waals surface area contributed by atoms with E-state index in [0.717, 1.165) is 5.69 Å². The number of aliphatic hydroxyl groups excluding tert-OH is 1. The minimum absolute atomic E-state index is 0.138. The van der Waals surface area contributed by atoms with Gasteiger partial charge in [-0.2, -0.15) is 0 Å². The predicted molar refractivity (Wildman–Crippen MR) is 55.3 cm³/mol. The summed E-state index contributed by atoms with van der Waals surface area (Å²) in [4.78, 5) is 7.99. The standard InChI is InChI=1S/C8H12N2O2.C2H6/c1-7-5-10-8(6-9-7)12-4-2-3-11;1-2/h5-6,11H,2-4H2,1H3;1-2H3. The minimum atomic E-state index is 0.138. The van der Waals surface area contributed by atoms with E-state index in [0.29, 0.717) is 18.9 Å². The Morgan fingerprint density at radius 1 is 1.29 bits per heavy atom. The van der Waals surface area contributed by atoms with Crippen LogP contribution < -0.4 is 4.74 Å². The molecule has 0 unspecified atom stereocenters. The maximum absolute atomic E-state index is 8.47. The fraction of sp³-hybridized carbons (Fsp3) is 0.600. The van der Waals surface area contributed by atoms with Gasteiger partial charge >= 0.3 is 0 Å². The molecule has 0 aliphatic heterocycles. The Kier molecular flexibility index (Phi) is 7.74. The van der Waals surface area contributed by atoms with E-state index in [1.165, 1.54) is 0 Å². The van der Waals surface area contributed by atoms with Crippen molar-refractivity contribution in [2.24, 2.45) is 0 Å². The summed E-state index contributed by atoms with van der Waals surface area (Å²) in [6.07, 6.45) is 3.84. The summed E-state index contributed by atoms with van der Waals surface area (Å²) in [7, 11) is 0. The van der Waals surface area contributed by atoms with Gasteiger partial charge in [0.05, 0.1) is 24.7 Å². The Hall–Kier alpha value is -1.16. The second-order valence-electron chi connectivity index (χ2n) is 2.42. The molecule has 4 heteroatoms. The molecule has 14 heavy (non-hydrogen) atoms. The molecule has 1 N–H and O–H groups in total. The number of ether oxygens (including phenoxy) is 1. The molecule has 4 nitrogen and oxygen atoms in total. The predicted octanol–water partition coefficient (Wildman–Crippen LogP) is 1.57. The first-order valence-electron chi connectivity index (χ1n) is 4.85. The van der Waals surface area contributed by atoms with Gasteiger partial charge in [-0.1, -0.05) is 13.8 Å². The highest BCUT2D eigenvalue weighted by Gasteiger charge is 1.93. The zero-order valence-electron chi connectivity index (χ0n) is 9.03. The second-order valence-corrected chi connectivity index (χ2v) is 2.42. The van der Waals surface area contributed by atoms with Gasteiger partial charge in [0.2, 0.25) is 5.88 Å². The summed E-state index contributed by atoms with van der Waals surface area (Å²) in [5, 5.41) is 8.47.